The van der Waals surface area contributed by atoms with Crippen LogP contribution in [0.2, 0.25) is 0 Å². The number of phenols is 1. The third-order valence-electron chi connectivity index (χ3n) is 6.52. The van der Waals surface area contributed by atoms with Gasteiger partial charge in [-0.25, -0.2) is 4.79 Å². The normalized spacial score (nSPS) is 21.3. The predicted octanol–water partition coefficient (Wildman–Crippen LogP) is 0.0107. The maximum absolute atomic E-state index is 13.1. The van der Waals surface area contributed by atoms with E-state index >= 15 is 0 Å². The van der Waals surface area contributed by atoms with Crippen LogP contribution in [0.1, 0.15) is 45.1 Å². The quantitative estimate of drug-likeness (QED) is 0.402. The fourth-order valence-corrected chi connectivity index (χ4v) is 4.68. The van der Waals surface area contributed by atoms with Crippen LogP contribution in [0.5, 0.6) is 5.75 Å². The van der Waals surface area contributed by atoms with Crippen molar-refractivity contribution in [2.24, 2.45) is 0 Å². The lowest BCUT2D eigenvalue weighted by Gasteiger charge is -2.29. The predicted molar refractivity (Wildman–Crippen MR) is 124 cm³/mol. The van der Waals surface area contributed by atoms with Crippen LogP contribution in [0.25, 0.3) is 0 Å². The summed E-state index contributed by atoms with van der Waals surface area (Å²) in [5.41, 5.74) is 0.623. The highest BCUT2D eigenvalue weighted by Gasteiger charge is 2.39. The van der Waals surface area contributed by atoms with Crippen molar-refractivity contribution in [2.75, 3.05) is 13.1 Å². The van der Waals surface area contributed by atoms with Crippen molar-refractivity contribution >= 4 is 29.6 Å². The van der Waals surface area contributed by atoms with E-state index in [1.807, 2.05) is 0 Å². The zero-order chi connectivity index (χ0) is 25.7. The highest BCUT2D eigenvalue weighted by Crippen LogP contribution is 2.21. The molecular formula is C24H32N4O7. The van der Waals surface area contributed by atoms with Crippen molar-refractivity contribution in [1.29, 1.82) is 0 Å². The van der Waals surface area contributed by atoms with Gasteiger partial charge in [0.25, 0.3) is 0 Å². The molecule has 35 heavy (non-hydrogen) atoms. The van der Waals surface area contributed by atoms with Crippen LogP contribution in [0, 0.1) is 0 Å². The lowest BCUT2D eigenvalue weighted by Crippen LogP contribution is -2.56. The summed E-state index contributed by atoms with van der Waals surface area (Å²) in [4.78, 5) is 65.1. The summed E-state index contributed by atoms with van der Waals surface area (Å²) in [7, 11) is 0. The Morgan fingerprint density at radius 2 is 1.49 bits per heavy atom. The average Bonchev–Trinajstić information content (AvgIpc) is 3.49. The molecule has 2 fully saturated rings. The molecule has 2 heterocycles. The molecule has 0 aromatic heterocycles. The fourth-order valence-electron chi connectivity index (χ4n) is 4.68. The number of nitrogens with zero attached hydrogens (tertiary/aromatic N) is 2. The summed E-state index contributed by atoms with van der Waals surface area (Å²) in [6, 6.07) is 2.45. The van der Waals surface area contributed by atoms with Gasteiger partial charge < -0.3 is 30.6 Å². The van der Waals surface area contributed by atoms with Crippen molar-refractivity contribution in [1.82, 2.24) is 20.4 Å². The maximum atomic E-state index is 13.1. The van der Waals surface area contributed by atoms with Gasteiger partial charge in [-0.2, -0.15) is 0 Å². The van der Waals surface area contributed by atoms with Crippen LogP contribution < -0.4 is 10.6 Å². The van der Waals surface area contributed by atoms with Gasteiger partial charge in [0.15, 0.2) is 0 Å². The van der Waals surface area contributed by atoms with Crippen molar-refractivity contribution < 1.29 is 34.2 Å². The molecule has 2 aliphatic heterocycles. The zero-order valence-corrected chi connectivity index (χ0v) is 19.9. The first kappa shape index (κ1) is 26.0. The second kappa shape index (κ2) is 11.2. The molecule has 1 aromatic rings. The van der Waals surface area contributed by atoms with Gasteiger partial charge in [-0.3, -0.25) is 19.2 Å². The second-order valence-electron chi connectivity index (χ2n) is 9.06. The molecule has 0 bridgehead atoms. The first-order valence-corrected chi connectivity index (χ1v) is 11.8. The number of nitrogens with one attached hydrogen (secondary N) is 2. The minimum absolute atomic E-state index is 0.0164. The van der Waals surface area contributed by atoms with E-state index in [1.54, 1.807) is 12.1 Å². The average molecular weight is 489 g/mol. The third kappa shape index (κ3) is 6.28. The molecule has 0 radical (unpaired) electrons. The molecular weight excluding hydrogens is 456 g/mol. The van der Waals surface area contributed by atoms with E-state index in [1.165, 1.54) is 35.8 Å². The molecule has 11 heteroatoms. The molecule has 190 valence electrons. The van der Waals surface area contributed by atoms with Crippen molar-refractivity contribution in [3.8, 4) is 5.75 Å². The fraction of sp³-hybridized carbons (Fsp3) is 0.542. The number of amides is 4. The van der Waals surface area contributed by atoms with E-state index in [2.05, 4.69) is 10.6 Å². The van der Waals surface area contributed by atoms with Crippen LogP contribution in [-0.2, 0) is 30.4 Å². The molecule has 3 rings (SSSR count). The highest BCUT2D eigenvalue weighted by molar-refractivity contribution is 5.95. The Hall–Kier alpha value is -3.63. The number of likely N-dealkylation sites (tertiary alicyclic amines) is 2. The number of phenolic OH excluding ortho intramolecular Hbond substituents is 1. The highest BCUT2D eigenvalue weighted by atomic mass is 16.4. The van der Waals surface area contributed by atoms with Crippen LogP contribution in [0.15, 0.2) is 24.3 Å². The Morgan fingerprint density at radius 3 is 2.06 bits per heavy atom. The van der Waals surface area contributed by atoms with Crippen molar-refractivity contribution in [3.63, 3.8) is 0 Å². The van der Waals surface area contributed by atoms with E-state index in [0.29, 0.717) is 44.3 Å². The molecule has 4 N–H and O–H groups in total. The molecule has 1 aromatic carbocycles. The van der Waals surface area contributed by atoms with Gasteiger partial charge >= 0.3 is 5.97 Å². The smallest absolute Gasteiger partial charge is 0.326 e. The number of carbonyl (C=O) groups excluding carboxylic acids is 4. The lowest BCUT2D eigenvalue weighted by molar-refractivity contribution is -0.145. The number of carboxylic acid groups (broad SMARTS) is 1. The van der Waals surface area contributed by atoms with E-state index in [-0.39, 0.29) is 18.1 Å². The van der Waals surface area contributed by atoms with Gasteiger partial charge in [0.2, 0.25) is 23.6 Å². The number of aromatic hydroxyl groups is 1. The summed E-state index contributed by atoms with van der Waals surface area (Å²) in [5, 5.41) is 24.2. The maximum Gasteiger partial charge on any atom is 0.326 e. The van der Waals surface area contributed by atoms with Gasteiger partial charge in [0, 0.05) is 26.4 Å². The summed E-state index contributed by atoms with van der Waals surface area (Å²) in [6.45, 7) is 3.75. The van der Waals surface area contributed by atoms with Gasteiger partial charge in [-0.1, -0.05) is 12.1 Å². The Morgan fingerprint density at radius 1 is 0.943 bits per heavy atom. The summed E-state index contributed by atoms with van der Waals surface area (Å²) in [6.07, 6.45) is 2.20. The number of carboxylic acids is 1. The molecule has 0 spiro atoms. The zero-order valence-electron chi connectivity index (χ0n) is 19.9. The molecule has 2 aliphatic rings. The summed E-state index contributed by atoms with van der Waals surface area (Å²) < 4.78 is 0. The number of hydrogen-bond donors (Lipinski definition) is 4. The van der Waals surface area contributed by atoms with Gasteiger partial charge in [0.05, 0.1) is 0 Å². The Labute approximate surface area is 203 Å². The minimum Gasteiger partial charge on any atom is -0.508 e. The first-order valence-electron chi connectivity index (χ1n) is 11.8. The molecule has 0 saturated carbocycles. The molecule has 2 saturated heterocycles. The van der Waals surface area contributed by atoms with Crippen molar-refractivity contribution in [3.05, 3.63) is 29.8 Å². The largest absolute Gasteiger partial charge is 0.508 e. The van der Waals surface area contributed by atoms with Crippen LogP contribution in [0.4, 0.5) is 0 Å². The SMILES string of the molecule is CC(=O)N1CCC[C@H]1C(=O)N[C@@H](C)C(=O)N1CCC[C@H]1C(=O)N[C@@H](Cc1ccc(O)cc1)C(=O)O. The monoisotopic (exact) mass is 488 g/mol. The van der Waals surface area contributed by atoms with Crippen molar-refractivity contribution in [2.45, 2.75) is 70.1 Å². The van der Waals surface area contributed by atoms with Gasteiger partial charge in [-0.15, -0.1) is 0 Å². The second-order valence-corrected chi connectivity index (χ2v) is 9.06. The minimum atomic E-state index is -1.21. The van der Waals surface area contributed by atoms with Gasteiger partial charge in [0.1, 0.15) is 29.9 Å². The number of aliphatic carboxylic acids is 1. The summed E-state index contributed by atoms with van der Waals surface area (Å²) >= 11 is 0. The Bertz CT molecular complexity index is 981. The molecule has 4 atom stereocenters. The number of rotatable bonds is 8. The lowest BCUT2D eigenvalue weighted by atomic mass is 10.0. The third-order valence-corrected chi connectivity index (χ3v) is 6.52. The molecule has 4 amide bonds. The topological polar surface area (TPSA) is 156 Å². The number of hydrogen-bond acceptors (Lipinski definition) is 6. The number of benzene rings is 1. The molecule has 11 nitrogen and oxygen atoms in total. The van der Waals surface area contributed by atoms with E-state index in [9.17, 15) is 34.2 Å². The van der Waals surface area contributed by atoms with Crippen LogP contribution in [0.3, 0.4) is 0 Å². The molecule has 0 aliphatic carbocycles. The Kier molecular flexibility index (Phi) is 8.31. The van der Waals surface area contributed by atoms with E-state index in [4.69, 9.17) is 0 Å². The Balaban J connectivity index is 1.61. The first-order chi connectivity index (χ1) is 16.6. The van der Waals surface area contributed by atoms with Crippen LogP contribution >= 0.6 is 0 Å². The summed E-state index contributed by atoms with van der Waals surface area (Å²) in [5.74, 6) is -2.77. The van der Waals surface area contributed by atoms with E-state index < -0.39 is 47.9 Å². The van der Waals surface area contributed by atoms with E-state index in [0.717, 1.165) is 0 Å². The van der Waals surface area contributed by atoms with Gasteiger partial charge in [-0.05, 0) is 50.3 Å². The number of carbonyl (C=O) groups is 5. The standard InChI is InChI=1S/C24H32N4O7/c1-14(25-21(31)19-5-3-11-27(19)15(2)29)23(33)28-12-4-6-20(28)22(32)26-18(24(34)35)13-16-7-9-17(30)10-8-16/h7-10,14,18-20,30H,3-6,11-13H2,1-2H3,(H,25,31)(H,26,32)(H,34,35)/t14-,18-,19-,20-/m0/s1. The van der Waals surface area contributed by atoms with Crippen LogP contribution in [-0.4, -0.2) is 86.9 Å². The molecule has 0 unspecified atom stereocenters.